The number of nitrogens with two attached hydrogens (primary N) is 1. The summed E-state index contributed by atoms with van der Waals surface area (Å²) < 4.78 is 12.6. The summed E-state index contributed by atoms with van der Waals surface area (Å²) in [6.07, 6.45) is 4.77. The Balaban J connectivity index is 2.15. The molecule has 1 aliphatic carbocycles. The third-order valence-corrected chi connectivity index (χ3v) is 4.80. The summed E-state index contributed by atoms with van der Waals surface area (Å²) in [7, 11) is 0. The molecule has 0 saturated heterocycles. The van der Waals surface area contributed by atoms with Gasteiger partial charge in [0.1, 0.15) is 13.2 Å². The number of hydrogen-bond acceptors (Lipinski definition) is 3. The van der Waals surface area contributed by atoms with Crippen molar-refractivity contribution in [2.75, 3.05) is 19.8 Å². The van der Waals surface area contributed by atoms with Crippen LogP contribution in [0.3, 0.4) is 0 Å². The zero-order valence-electron chi connectivity index (χ0n) is 10.4. The van der Waals surface area contributed by atoms with Gasteiger partial charge in [-0.05, 0) is 25.0 Å². The fraction of sp³-hybridized carbons (Fsp3) is 0.571. The highest BCUT2D eigenvalue weighted by atomic mass is 79.9. The van der Waals surface area contributed by atoms with Crippen LogP contribution in [0.5, 0.6) is 11.5 Å². The van der Waals surface area contributed by atoms with Crippen molar-refractivity contribution in [2.45, 2.75) is 31.1 Å². The number of rotatable bonds is 2. The van der Waals surface area contributed by atoms with E-state index < -0.39 is 0 Å². The molecule has 1 saturated carbocycles. The molecule has 0 radical (unpaired) electrons. The molecule has 3 nitrogen and oxygen atoms in total. The minimum absolute atomic E-state index is 0.0604. The van der Waals surface area contributed by atoms with Crippen LogP contribution in [-0.4, -0.2) is 19.8 Å². The molecule has 1 aromatic rings. The van der Waals surface area contributed by atoms with E-state index in [4.69, 9.17) is 15.2 Å². The van der Waals surface area contributed by atoms with E-state index in [0.717, 1.165) is 28.8 Å². The van der Waals surface area contributed by atoms with Gasteiger partial charge in [0, 0.05) is 22.0 Å². The second-order valence-corrected chi connectivity index (χ2v) is 5.99. The van der Waals surface area contributed by atoms with Crippen molar-refractivity contribution in [1.82, 2.24) is 0 Å². The lowest BCUT2D eigenvalue weighted by Crippen LogP contribution is -2.34. The maximum atomic E-state index is 6.09. The summed E-state index contributed by atoms with van der Waals surface area (Å²) in [5.74, 6) is 1.77. The smallest absolute Gasteiger partial charge is 0.166 e. The highest BCUT2D eigenvalue weighted by Crippen LogP contribution is 2.50. The summed E-state index contributed by atoms with van der Waals surface area (Å²) >= 11 is 3.67. The maximum absolute atomic E-state index is 6.09. The van der Waals surface area contributed by atoms with E-state index >= 15 is 0 Å². The van der Waals surface area contributed by atoms with Crippen LogP contribution in [-0.2, 0) is 5.41 Å². The van der Waals surface area contributed by atoms with Gasteiger partial charge in [0.15, 0.2) is 11.5 Å². The zero-order valence-corrected chi connectivity index (χ0v) is 12.0. The van der Waals surface area contributed by atoms with E-state index in [-0.39, 0.29) is 5.41 Å². The van der Waals surface area contributed by atoms with E-state index in [9.17, 15) is 0 Å². The van der Waals surface area contributed by atoms with Crippen LogP contribution in [0, 0.1) is 0 Å². The van der Waals surface area contributed by atoms with E-state index in [1.54, 1.807) is 0 Å². The quantitative estimate of drug-likeness (QED) is 0.913. The summed E-state index contributed by atoms with van der Waals surface area (Å²) in [5, 5.41) is 0. The number of ether oxygens (including phenoxy) is 2. The summed E-state index contributed by atoms with van der Waals surface area (Å²) in [5.41, 5.74) is 7.37. The first-order valence-corrected chi connectivity index (χ1v) is 7.35. The molecule has 98 valence electrons. The Labute approximate surface area is 116 Å². The molecule has 1 aliphatic heterocycles. The SMILES string of the molecule is NCC1(c2c(Br)ccc3c2OCCO3)CCCC1. The molecule has 0 aromatic heterocycles. The molecule has 0 atom stereocenters. The van der Waals surface area contributed by atoms with Crippen molar-refractivity contribution in [2.24, 2.45) is 5.73 Å². The Morgan fingerprint density at radius 2 is 1.89 bits per heavy atom. The third-order valence-electron chi connectivity index (χ3n) is 4.14. The van der Waals surface area contributed by atoms with Crippen molar-refractivity contribution in [3.63, 3.8) is 0 Å². The minimum atomic E-state index is 0.0604. The van der Waals surface area contributed by atoms with E-state index in [1.165, 1.54) is 18.4 Å². The van der Waals surface area contributed by atoms with E-state index in [0.29, 0.717) is 19.8 Å². The number of halogens is 1. The van der Waals surface area contributed by atoms with Crippen LogP contribution in [0.25, 0.3) is 0 Å². The van der Waals surface area contributed by atoms with Crippen LogP contribution in [0.4, 0.5) is 0 Å². The number of benzene rings is 1. The van der Waals surface area contributed by atoms with E-state index in [2.05, 4.69) is 22.0 Å². The van der Waals surface area contributed by atoms with Crippen molar-refractivity contribution in [3.05, 3.63) is 22.2 Å². The van der Waals surface area contributed by atoms with Crippen molar-refractivity contribution >= 4 is 15.9 Å². The van der Waals surface area contributed by atoms with Gasteiger partial charge in [-0.25, -0.2) is 0 Å². The summed E-state index contributed by atoms with van der Waals surface area (Å²) in [6.45, 7) is 1.92. The molecule has 0 unspecified atom stereocenters. The highest BCUT2D eigenvalue weighted by molar-refractivity contribution is 9.10. The molecule has 18 heavy (non-hydrogen) atoms. The Hall–Kier alpha value is -0.740. The van der Waals surface area contributed by atoms with Crippen LogP contribution in [0.15, 0.2) is 16.6 Å². The van der Waals surface area contributed by atoms with Crippen molar-refractivity contribution in [1.29, 1.82) is 0 Å². The molecule has 1 heterocycles. The Morgan fingerprint density at radius 1 is 1.17 bits per heavy atom. The monoisotopic (exact) mass is 311 g/mol. The first-order valence-electron chi connectivity index (χ1n) is 6.55. The van der Waals surface area contributed by atoms with Crippen molar-refractivity contribution < 1.29 is 9.47 Å². The molecule has 1 aromatic carbocycles. The molecule has 2 aliphatic rings. The first kappa shape index (κ1) is 12.3. The topological polar surface area (TPSA) is 44.5 Å². The van der Waals surface area contributed by atoms with Crippen LogP contribution >= 0.6 is 15.9 Å². The average Bonchev–Trinajstić information content (AvgIpc) is 2.88. The fourth-order valence-electron chi connectivity index (χ4n) is 3.19. The van der Waals surface area contributed by atoms with Crippen LogP contribution in [0.2, 0.25) is 0 Å². The minimum Gasteiger partial charge on any atom is -0.486 e. The zero-order chi connectivity index (χ0) is 12.6. The van der Waals surface area contributed by atoms with Crippen LogP contribution in [0.1, 0.15) is 31.2 Å². The molecule has 0 spiro atoms. The van der Waals surface area contributed by atoms with Gasteiger partial charge in [-0.2, -0.15) is 0 Å². The molecule has 0 amide bonds. The fourth-order valence-corrected chi connectivity index (χ4v) is 3.93. The van der Waals surface area contributed by atoms with Gasteiger partial charge in [0.05, 0.1) is 0 Å². The third kappa shape index (κ3) is 1.82. The number of hydrogen-bond donors (Lipinski definition) is 1. The Kier molecular flexibility index (Phi) is 3.24. The standard InChI is InChI=1S/C14H18BrNO2/c15-10-3-4-11-13(18-8-7-17-11)12(10)14(9-16)5-1-2-6-14/h3-4H,1-2,5-9,16H2. The molecular weight excluding hydrogens is 294 g/mol. The first-order chi connectivity index (χ1) is 8.77. The highest BCUT2D eigenvalue weighted by Gasteiger charge is 2.39. The molecule has 3 rings (SSSR count). The van der Waals surface area contributed by atoms with Gasteiger partial charge >= 0.3 is 0 Å². The second kappa shape index (κ2) is 4.74. The largest absolute Gasteiger partial charge is 0.486 e. The summed E-state index contributed by atoms with van der Waals surface area (Å²) in [4.78, 5) is 0. The number of fused-ring (bicyclic) bond motifs is 1. The van der Waals surface area contributed by atoms with Gasteiger partial charge in [0.25, 0.3) is 0 Å². The van der Waals surface area contributed by atoms with Gasteiger partial charge < -0.3 is 15.2 Å². The Morgan fingerprint density at radius 3 is 2.61 bits per heavy atom. The second-order valence-electron chi connectivity index (χ2n) is 5.14. The van der Waals surface area contributed by atoms with Gasteiger partial charge in [-0.3, -0.25) is 0 Å². The van der Waals surface area contributed by atoms with Crippen LogP contribution < -0.4 is 15.2 Å². The average molecular weight is 312 g/mol. The molecule has 2 N–H and O–H groups in total. The van der Waals surface area contributed by atoms with E-state index in [1.807, 2.05) is 6.07 Å². The maximum Gasteiger partial charge on any atom is 0.166 e. The predicted molar refractivity (Wildman–Crippen MR) is 74.3 cm³/mol. The van der Waals surface area contributed by atoms with Gasteiger partial charge in [-0.1, -0.05) is 28.8 Å². The predicted octanol–water partition coefficient (Wildman–Crippen LogP) is 2.99. The lowest BCUT2D eigenvalue weighted by atomic mass is 9.78. The van der Waals surface area contributed by atoms with Crippen molar-refractivity contribution in [3.8, 4) is 11.5 Å². The molecule has 4 heteroatoms. The lowest BCUT2D eigenvalue weighted by Gasteiger charge is -2.33. The van der Waals surface area contributed by atoms with Gasteiger partial charge in [0.2, 0.25) is 0 Å². The van der Waals surface area contributed by atoms with Gasteiger partial charge in [-0.15, -0.1) is 0 Å². The molecule has 1 fully saturated rings. The molecule has 0 bridgehead atoms. The summed E-state index contributed by atoms with van der Waals surface area (Å²) in [6, 6.07) is 4.03. The normalized spacial score (nSPS) is 21.0. The lowest BCUT2D eigenvalue weighted by molar-refractivity contribution is 0.166. The molecular formula is C14H18BrNO2. The Bertz CT molecular complexity index is 455.